The molecule has 0 saturated heterocycles. The van der Waals surface area contributed by atoms with Crippen molar-refractivity contribution < 1.29 is 4.79 Å². The number of hydrogen-bond acceptors (Lipinski definition) is 4. The first kappa shape index (κ1) is 12.7. The summed E-state index contributed by atoms with van der Waals surface area (Å²) in [6.45, 7) is 4.45. The first-order chi connectivity index (χ1) is 8.63. The highest BCUT2D eigenvalue weighted by molar-refractivity contribution is 6.14. The monoisotopic (exact) mass is 246 g/mol. The van der Waals surface area contributed by atoms with Crippen molar-refractivity contribution in [2.75, 3.05) is 11.6 Å². The van der Waals surface area contributed by atoms with Gasteiger partial charge < -0.3 is 5.73 Å². The molecule has 0 spiro atoms. The minimum absolute atomic E-state index is 0.000880. The Kier molecular flexibility index (Phi) is 3.72. The van der Waals surface area contributed by atoms with Crippen LogP contribution in [0.15, 0.2) is 23.4 Å². The van der Waals surface area contributed by atoms with E-state index in [9.17, 15) is 4.79 Å². The van der Waals surface area contributed by atoms with Crippen LogP contribution < -0.4 is 10.7 Å². The highest BCUT2D eigenvalue weighted by Gasteiger charge is 2.34. The Balaban J connectivity index is 2.20. The third-order valence-electron chi connectivity index (χ3n) is 3.08. The van der Waals surface area contributed by atoms with Gasteiger partial charge in [0.1, 0.15) is 0 Å². The van der Waals surface area contributed by atoms with E-state index in [0.717, 1.165) is 24.1 Å². The summed E-state index contributed by atoms with van der Waals surface area (Å²) in [4.78, 5) is 16.5. The zero-order valence-electron chi connectivity index (χ0n) is 10.8. The third kappa shape index (κ3) is 2.41. The zero-order chi connectivity index (χ0) is 13.1. The average molecular weight is 246 g/mol. The number of hydrazone groups is 1. The molecule has 0 saturated carbocycles. The smallest absolute Gasteiger partial charge is 0.257 e. The Morgan fingerprint density at radius 2 is 2.22 bits per heavy atom. The van der Waals surface area contributed by atoms with Crippen LogP contribution in [0.5, 0.6) is 0 Å². The summed E-state index contributed by atoms with van der Waals surface area (Å²) in [5.74, 6) is 0.449. The van der Waals surface area contributed by atoms with Crippen LogP contribution >= 0.6 is 0 Å². The number of nitrogens with two attached hydrogens (primary N) is 1. The third-order valence-corrected chi connectivity index (χ3v) is 3.08. The van der Waals surface area contributed by atoms with Gasteiger partial charge in [-0.15, -0.1) is 0 Å². The van der Waals surface area contributed by atoms with Crippen molar-refractivity contribution in [2.24, 2.45) is 16.8 Å². The Labute approximate surface area is 107 Å². The van der Waals surface area contributed by atoms with E-state index in [1.54, 1.807) is 6.20 Å². The van der Waals surface area contributed by atoms with Gasteiger partial charge >= 0.3 is 0 Å². The Morgan fingerprint density at radius 3 is 2.89 bits per heavy atom. The molecule has 1 aromatic rings. The molecule has 0 bridgehead atoms. The molecule has 1 aliphatic heterocycles. The molecule has 1 amide bonds. The van der Waals surface area contributed by atoms with E-state index < -0.39 is 0 Å². The van der Waals surface area contributed by atoms with Crippen LogP contribution in [-0.2, 0) is 4.79 Å². The number of carbonyl (C=O) groups is 1. The van der Waals surface area contributed by atoms with Crippen molar-refractivity contribution in [3.8, 4) is 0 Å². The molecule has 0 aliphatic carbocycles. The van der Waals surface area contributed by atoms with Gasteiger partial charge in [0.05, 0.1) is 5.92 Å². The Morgan fingerprint density at radius 1 is 1.44 bits per heavy atom. The fourth-order valence-electron chi connectivity index (χ4n) is 2.06. The SMILES string of the molecule is CC1=NN(c2cc(C)ccn2)C(=O)C1CCCN. The molecular weight excluding hydrogens is 228 g/mol. The maximum Gasteiger partial charge on any atom is 0.257 e. The summed E-state index contributed by atoms with van der Waals surface area (Å²) in [6, 6.07) is 3.76. The van der Waals surface area contributed by atoms with Gasteiger partial charge in [0.2, 0.25) is 0 Å². The second kappa shape index (κ2) is 5.27. The zero-order valence-corrected chi connectivity index (χ0v) is 10.8. The van der Waals surface area contributed by atoms with Crippen LogP contribution in [0.25, 0.3) is 0 Å². The molecule has 1 atom stereocenters. The van der Waals surface area contributed by atoms with Gasteiger partial charge in [0.15, 0.2) is 5.82 Å². The summed E-state index contributed by atoms with van der Waals surface area (Å²) < 4.78 is 0. The van der Waals surface area contributed by atoms with Crippen molar-refractivity contribution in [1.82, 2.24) is 4.98 Å². The number of amides is 1. The molecule has 18 heavy (non-hydrogen) atoms. The standard InChI is InChI=1S/C13H18N4O/c1-9-5-7-15-12(8-9)17-13(18)11(4-3-6-14)10(2)16-17/h5,7-8,11H,3-4,6,14H2,1-2H3. The normalized spacial score (nSPS) is 19.3. The van der Waals surface area contributed by atoms with Crippen molar-refractivity contribution >= 4 is 17.4 Å². The molecule has 0 radical (unpaired) electrons. The Hall–Kier alpha value is -1.75. The molecule has 1 unspecified atom stereocenters. The Bertz CT molecular complexity index is 484. The topological polar surface area (TPSA) is 71.6 Å². The van der Waals surface area contributed by atoms with Crippen LogP contribution in [0.2, 0.25) is 0 Å². The van der Waals surface area contributed by atoms with E-state index in [2.05, 4.69) is 10.1 Å². The lowest BCUT2D eigenvalue weighted by Crippen LogP contribution is -2.28. The van der Waals surface area contributed by atoms with Crippen LogP contribution in [0.4, 0.5) is 5.82 Å². The molecule has 5 heteroatoms. The van der Waals surface area contributed by atoms with Gasteiger partial charge in [-0.3, -0.25) is 4.79 Å². The quantitative estimate of drug-likeness (QED) is 0.874. The highest BCUT2D eigenvalue weighted by Crippen LogP contribution is 2.25. The van der Waals surface area contributed by atoms with Gasteiger partial charge in [-0.05, 0) is 50.9 Å². The molecule has 2 N–H and O–H groups in total. The van der Waals surface area contributed by atoms with E-state index in [-0.39, 0.29) is 11.8 Å². The van der Waals surface area contributed by atoms with Crippen molar-refractivity contribution in [3.05, 3.63) is 23.9 Å². The molecule has 1 aliphatic rings. The van der Waals surface area contributed by atoms with Crippen molar-refractivity contribution in [3.63, 3.8) is 0 Å². The van der Waals surface area contributed by atoms with E-state index in [0.29, 0.717) is 12.4 Å². The van der Waals surface area contributed by atoms with Crippen molar-refractivity contribution in [2.45, 2.75) is 26.7 Å². The number of hydrogen-bond donors (Lipinski definition) is 1. The molecular formula is C13H18N4O. The number of carbonyl (C=O) groups excluding carboxylic acids is 1. The second-order valence-corrected chi connectivity index (χ2v) is 4.57. The van der Waals surface area contributed by atoms with Gasteiger partial charge in [-0.1, -0.05) is 0 Å². The minimum Gasteiger partial charge on any atom is -0.330 e. The first-order valence-corrected chi connectivity index (χ1v) is 6.15. The summed E-state index contributed by atoms with van der Waals surface area (Å²) in [6.07, 6.45) is 3.28. The number of nitrogens with zero attached hydrogens (tertiary/aromatic N) is 3. The minimum atomic E-state index is -0.143. The van der Waals surface area contributed by atoms with E-state index in [4.69, 9.17) is 5.73 Å². The van der Waals surface area contributed by atoms with E-state index in [1.165, 1.54) is 5.01 Å². The maximum absolute atomic E-state index is 12.3. The summed E-state index contributed by atoms with van der Waals surface area (Å²) in [5.41, 5.74) is 7.39. The number of aromatic nitrogens is 1. The van der Waals surface area contributed by atoms with E-state index >= 15 is 0 Å². The molecule has 2 heterocycles. The highest BCUT2D eigenvalue weighted by atomic mass is 16.2. The fraction of sp³-hybridized carbons (Fsp3) is 0.462. The number of anilines is 1. The number of rotatable bonds is 4. The van der Waals surface area contributed by atoms with Crippen LogP contribution in [0.3, 0.4) is 0 Å². The molecule has 2 rings (SSSR count). The van der Waals surface area contributed by atoms with Crippen LogP contribution in [0.1, 0.15) is 25.3 Å². The lowest BCUT2D eigenvalue weighted by molar-refractivity contribution is -0.119. The lowest BCUT2D eigenvalue weighted by atomic mass is 9.98. The van der Waals surface area contributed by atoms with Gasteiger partial charge in [0, 0.05) is 11.9 Å². The van der Waals surface area contributed by atoms with Crippen molar-refractivity contribution in [1.29, 1.82) is 0 Å². The molecule has 1 aromatic heterocycles. The largest absolute Gasteiger partial charge is 0.330 e. The molecule has 0 fully saturated rings. The average Bonchev–Trinajstić information content (AvgIpc) is 2.63. The maximum atomic E-state index is 12.3. The molecule has 5 nitrogen and oxygen atoms in total. The van der Waals surface area contributed by atoms with Crippen LogP contribution in [0, 0.1) is 12.8 Å². The number of pyridine rings is 1. The summed E-state index contributed by atoms with van der Waals surface area (Å²) in [5, 5.41) is 5.72. The summed E-state index contributed by atoms with van der Waals surface area (Å²) >= 11 is 0. The predicted molar refractivity (Wildman–Crippen MR) is 71.3 cm³/mol. The van der Waals surface area contributed by atoms with Crippen LogP contribution in [-0.4, -0.2) is 23.1 Å². The molecule has 0 aromatic carbocycles. The summed E-state index contributed by atoms with van der Waals surface area (Å²) in [7, 11) is 0. The number of aryl methyl sites for hydroxylation is 1. The van der Waals surface area contributed by atoms with Gasteiger partial charge in [0.25, 0.3) is 5.91 Å². The van der Waals surface area contributed by atoms with Gasteiger partial charge in [-0.25, -0.2) is 4.98 Å². The molecule has 96 valence electrons. The van der Waals surface area contributed by atoms with Gasteiger partial charge in [-0.2, -0.15) is 10.1 Å². The van der Waals surface area contributed by atoms with E-state index in [1.807, 2.05) is 26.0 Å². The fourth-order valence-corrected chi connectivity index (χ4v) is 2.06. The second-order valence-electron chi connectivity index (χ2n) is 4.57. The lowest BCUT2D eigenvalue weighted by Gasteiger charge is -2.13. The first-order valence-electron chi connectivity index (χ1n) is 6.15. The predicted octanol–water partition coefficient (Wildman–Crippen LogP) is 1.47.